The Morgan fingerprint density at radius 3 is 3.00 bits per heavy atom. The monoisotopic (exact) mass is 314 g/mol. The summed E-state index contributed by atoms with van der Waals surface area (Å²) in [7, 11) is 0. The smallest absolute Gasteiger partial charge is 0.315 e. The van der Waals surface area contributed by atoms with E-state index >= 15 is 0 Å². The van der Waals surface area contributed by atoms with Crippen LogP contribution in [0.1, 0.15) is 43.5 Å². The van der Waals surface area contributed by atoms with Crippen LogP contribution in [0.15, 0.2) is 24.5 Å². The highest BCUT2D eigenvalue weighted by molar-refractivity contribution is 5.74. The SMILES string of the molecule is CC(C)[C@@H](NC(=O)NCc1cccnc1)c1nnc2n1CCC2. The summed E-state index contributed by atoms with van der Waals surface area (Å²) in [5, 5.41) is 14.4. The Morgan fingerprint density at radius 2 is 2.26 bits per heavy atom. The molecule has 1 atom stereocenters. The summed E-state index contributed by atoms with van der Waals surface area (Å²) >= 11 is 0. The zero-order valence-corrected chi connectivity index (χ0v) is 13.5. The number of nitrogens with one attached hydrogen (secondary N) is 2. The zero-order valence-electron chi connectivity index (χ0n) is 13.5. The Hall–Kier alpha value is -2.44. The molecule has 2 aromatic rings. The van der Waals surface area contributed by atoms with Crippen LogP contribution in [0, 0.1) is 5.92 Å². The molecule has 0 aliphatic carbocycles. The molecule has 0 bridgehead atoms. The van der Waals surface area contributed by atoms with Crippen molar-refractivity contribution < 1.29 is 4.79 Å². The van der Waals surface area contributed by atoms with Crippen LogP contribution in [0.2, 0.25) is 0 Å². The zero-order chi connectivity index (χ0) is 16.2. The van der Waals surface area contributed by atoms with E-state index in [0.717, 1.165) is 36.6 Å². The van der Waals surface area contributed by atoms with E-state index in [1.54, 1.807) is 12.4 Å². The number of hydrogen-bond acceptors (Lipinski definition) is 4. The third-order valence-electron chi connectivity index (χ3n) is 4.05. The summed E-state index contributed by atoms with van der Waals surface area (Å²) in [6, 6.07) is 3.43. The number of nitrogens with zero attached hydrogens (tertiary/aromatic N) is 4. The average Bonchev–Trinajstić information content (AvgIpc) is 3.15. The van der Waals surface area contributed by atoms with Gasteiger partial charge >= 0.3 is 6.03 Å². The van der Waals surface area contributed by atoms with Gasteiger partial charge in [0.15, 0.2) is 5.82 Å². The lowest BCUT2D eigenvalue weighted by Gasteiger charge is -2.22. The molecule has 0 aromatic carbocycles. The van der Waals surface area contributed by atoms with E-state index in [0.29, 0.717) is 6.54 Å². The number of aryl methyl sites for hydroxylation is 1. The standard InChI is InChI=1S/C16H22N6O/c1-11(2)14(15-21-20-13-6-4-8-22(13)15)19-16(23)18-10-12-5-3-7-17-9-12/h3,5,7,9,11,14H,4,6,8,10H2,1-2H3,(H2,18,19,23)/t14-/m1/s1. The van der Waals surface area contributed by atoms with E-state index in [-0.39, 0.29) is 18.0 Å². The van der Waals surface area contributed by atoms with Crippen molar-refractivity contribution in [1.82, 2.24) is 30.4 Å². The first kappa shape index (κ1) is 15.5. The number of aromatic nitrogens is 4. The fourth-order valence-corrected chi connectivity index (χ4v) is 2.81. The summed E-state index contributed by atoms with van der Waals surface area (Å²) in [5.74, 6) is 2.10. The molecule has 0 radical (unpaired) electrons. The molecule has 0 saturated carbocycles. The van der Waals surface area contributed by atoms with Crippen molar-refractivity contribution in [2.75, 3.05) is 0 Å². The predicted molar refractivity (Wildman–Crippen MR) is 85.5 cm³/mol. The van der Waals surface area contributed by atoms with E-state index in [9.17, 15) is 4.79 Å². The van der Waals surface area contributed by atoms with Crippen LogP contribution < -0.4 is 10.6 Å². The van der Waals surface area contributed by atoms with Gasteiger partial charge in [-0.2, -0.15) is 0 Å². The molecule has 7 heteroatoms. The molecule has 3 rings (SSSR count). The first-order chi connectivity index (χ1) is 11.1. The molecule has 2 aromatic heterocycles. The molecule has 0 saturated heterocycles. The first-order valence-electron chi connectivity index (χ1n) is 8.00. The number of rotatable bonds is 5. The maximum Gasteiger partial charge on any atom is 0.315 e. The highest BCUT2D eigenvalue weighted by atomic mass is 16.2. The van der Waals surface area contributed by atoms with Gasteiger partial charge in [0.05, 0.1) is 6.04 Å². The molecule has 7 nitrogen and oxygen atoms in total. The Kier molecular flexibility index (Phi) is 4.55. The highest BCUT2D eigenvalue weighted by Crippen LogP contribution is 2.24. The molecular weight excluding hydrogens is 292 g/mol. The van der Waals surface area contributed by atoms with Crippen LogP contribution in [0.5, 0.6) is 0 Å². The van der Waals surface area contributed by atoms with Crippen LogP contribution in [-0.4, -0.2) is 25.8 Å². The molecule has 2 N–H and O–H groups in total. The van der Waals surface area contributed by atoms with Crippen molar-refractivity contribution >= 4 is 6.03 Å². The molecular formula is C16H22N6O. The lowest BCUT2D eigenvalue weighted by Crippen LogP contribution is -2.40. The Balaban J connectivity index is 1.64. The minimum atomic E-state index is -0.206. The second kappa shape index (κ2) is 6.76. The average molecular weight is 314 g/mol. The maximum absolute atomic E-state index is 12.2. The number of pyridine rings is 1. The van der Waals surface area contributed by atoms with Gasteiger partial charge in [0, 0.05) is 31.9 Å². The van der Waals surface area contributed by atoms with Crippen molar-refractivity contribution in [2.45, 2.75) is 45.8 Å². The predicted octanol–water partition coefficient (Wildman–Crippen LogP) is 1.82. The molecule has 0 fully saturated rings. The number of hydrogen-bond donors (Lipinski definition) is 2. The summed E-state index contributed by atoms with van der Waals surface area (Å²) in [4.78, 5) is 16.3. The normalized spacial score (nSPS) is 14.6. The fraction of sp³-hybridized carbons (Fsp3) is 0.500. The van der Waals surface area contributed by atoms with Crippen molar-refractivity contribution in [1.29, 1.82) is 0 Å². The maximum atomic E-state index is 12.2. The van der Waals surface area contributed by atoms with Crippen LogP contribution in [0.4, 0.5) is 4.79 Å². The molecule has 1 aliphatic heterocycles. The van der Waals surface area contributed by atoms with Crippen molar-refractivity contribution in [3.8, 4) is 0 Å². The van der Waals surface area contributed by atoms with E-state index in [1.807, 2.05) is 12.1 Å². The van der Waals surface area contributed by atoms with Gasteiger partial charge in [-0.25, -0.2) is 4.79 Å². The van der Waals surface area contributed by atoms with Crippen LogP contribution in [-0.2, 0) is 19.5 Å². The molecule has 2 amide bonds. The Morgan fingerprint density at radius 1 is 1.39 bits per heavy atom. The number of amides is 2. The minimum Gasteiger partial charge on any atom is -0.334 e. The van der Waals surface area contributed by atoms with Crippen LogP contribution in [0.3, 0.4) is 0 Å². The summed E-state index contributed by atoms with van der Waals surface area (Å²) < 4.78 is 2.13. The fourth-order valence-electron chi connectivity index (χ4n) is 2.81. The third kappa shape index (κ3) is 3.49. The van der Waals surface area contributed by atoms with Gasteiger partial charge in [-0.15, -0.1) is 10.2 Å². The minimum absolute atomic E-state index is 0.150. The topological polar surface area (TPSA) is 84.7 Å². The van der Waals surface area contributed by atoms with Crippen molar-refractivity contribution in [2.24, 2.45) is 5.92 Å². The second-order valence-corrected chi connectivity index (χ2v) is 6.14. The van der Waals surface area contributed by atoms with Gasteiger partial charge in [-0.1, -0.05) is 19.9 Å². The molecule has 3 heterocycles. The number of urea groups is 1. The van der Waals surface area contributed by atoms with Gasteiger partial charge in [-0.3, -0.25) is 4.98 Å². The largest absolute Gasteiger partial charge is 0.334 e. The summed E-state index contributed by atoms with van der Waals surface area (Å²) in [5.41, 5.74) is 0.965. The number of carbonyl (C=O) groups is 1. The summed E-state index contributed by atoms with van der Waals surface area (Å²) in [6.45, 7) is 5.52. The number of carbonyl (C=O) groups excluding carboxylic acids is 1. The van der Waals surface area contributed by atoms with E-state index < -0.39 is 0 Å². The van der Waals surface area contributed by atoms with Crippen LogP contribution in [0.25, 0.3) is 0 Å². The number of fused-ring (bicyclic) bond motifs is 1. The molecule has 23 heavy (non-hydrogen) atoms. The third-order valence-corrected chi connectivity index (χ3v) is 4.05. The molecule has 0 unspecified atom stereocenters. The van der Waals surface area contributed by atoms with Gasteiger partial charge in [0.1, 0.15) is 5.82 Å². The Labute approximate surface area is 135 Å². The van der Waals surface area contributed by atoms with Gasteiger partial charge in [0.2, 0.25) is 0 Å². The molecule has 122 valence electrons. The molecule has 0 spiro atoms. The highest BCUT2D eigenvalue weighted by Gasteiger charge is 2.27. The lowest BCUT2D eigenvalue weighted by atomic mass is 10.0. The van der Waals surface area contributed by atoms with E-state index in [1.165, 1.54) is 0 Å². The van der Waals surface area contributed by atoms with Gasteiger partial charge < -0.3 is 15.2 Å². The quantitative estimate of drug-likeness (QED) is 0.881. The van der Waals surface area contributed by atoms with Gasteiger partial charge in [0.25, 0.3) is 0 Å². The van der Waals surface area contributed by atoms with E-state index in [2.05, 4.69) is 44.2 Å². The molecule has 1 aliphatic rings. The van der Waals surface area contributed by atoms with Crippen molar-refractivity contribution in [3.05, 3.63) is 41.7 Å². The van der Waals surface area contributed by atoms with Crippen molar-refractivity contribution in [3.63, 3.8) is 0 Å². The van der Waals surface area contributed by atoms with Gasteiger partial charge in [-0.05, 0) is 24.0 Å². The second-order valence-electron chi connectivity index (χ2n) is 6.14. The van der Waals surface area contributed by atoms with E-state index in [4.69, 9.17) is 0 Å². The van der Waals surface area contributed by atoms with Crippen LogP contribution >= 0.6 is 0 Å². The summed E-state index contributed by atoms with van der Waals surface area (Å²) in [6.07, 6.45) is 5.51. The Bertz CT molecular complexity index is 666. The lowest BCUT2D eigenvalue weighted by molar-refractivity contribution is 0.231. The first-order valence-corrected chi connectivity index (χ1v) is 8.00.